The third kappa shape index (κ3) is 7.65. The summed E-state index contributed by atoms with van der Waals surface area (Å²) in [6.45, 7) is 5.37. The number of benzene rings is 4. The van der Waals surface area contributed by atoms with Crippen LogP contribution in [0.25, 0.3) is 10.8 Å². The van der Waals surface area contributed by atoms with Crippen LogP contribution in [0, 0.1) is 10.2 Å². The summed E-state index contributed by atoms with van der Waals surface area (Å²) in [6, 6.07) is 34.5. The maximum atomic E-state index is 9.04. The van der Waals surface area contributed by atoms with E-state index >= 15 is 0 Å². The van der Waals surface area contributed by atoms with Gasteiger partial charge in [0.05, 0.1) is 0 Å². The molecule has 6 rings (SSSR count). The molecule has 2 saturated heterocycles. The molecule has 2 aliphatic heterocycles. The summed E-state index contributed by atoms with van der Waals surface area (Å²) in [5.41, 5.74) is 3.84. The summed E-state index contributed by atoms with van der Waals surface area (Å²) >= 11 is -0.175. The Labute approximate surface area is 264 Å². The molecule has 2 fully saturated rings. The molecule has 226 valence electrons. The molecule has 0 aromatic heterocycles. The Bertz CT molecular complexity index is 1560. The van der Waals surface area contributed by atoms with Gasteiger partial charge in [-0.15, -0.1) is 0 Å². The molecule has 0 aliphatic carbocycles. The second-order valence-electron chi connectivity index (χ2n) is 10.9. The molecule has 2 aliphatic rings. The van der Waals surface area contributed by atoms with E-state index in [4.69, 9.17) is 33.7 Å². The molecule has 1 unspecified atom stereocenters. The third-order valence-corrected chi connectivity index (χ3v) is 9.12. The van der Waals surface area contributed by atoms with Crippen LogP contribution in [0.2, 0.25) is 5.32 Å². The van der Waals surface area contributed by atoms with E-state index in [2.05, 4.69) is 41.9 Å². The van der Waals surface area contributed by atoms with Crippen LogP contribution in [-0.4, -0.2) is 58.9 Å². The van der Waals surface area contributed by atoms with Crippen molar-refractivity contribution in [2.45, 2.75) is 55.5 Å². The molecule has 0 spiro atoms. The van der Waals surface area contributed by atoms with Crippen molar-refractivity contribution in [3.8, 4) is 4.97 Å². The van der Waals surface area contributed by atoms with Crippen molar-refractivity contribution in [1.29, 1.82) is 5.26 Å². The molecule has 0 radical (unpaired) electrons. The van der Waals surface area contributed by atoms with Gasteiger partial charge in [-0.1, -0.05) is 42.5 Å². The molecule has 44 heavy (non-hydrogen) atoms. The number of fused-ring (bicyclic) bond motifs is 2. The minimum atomic E-state index is -0.756. The SMILES string of the molecule is C=C(CO[C@@H]1O[C@@H]2COC(c3ccccc3)O[C@H]2[C@H](OCc2ccc3ccccc3c2)[C@@H]1OCc1ccccc1)C[Se]C#N. The summed E-state index contributed by atoms with van der Waals surface area (Å²) in [5, 5.41) is 12.0. The molecule has 4 aromatic carbocycles. The second kappa shape index (κ2) is 15.1. The zero-order chi connectivity index (χ0) is 30.1. The molecule has 7 nitrogen and oxygen atoms in total. The molecular formula is C36H35NO6Se. The van der Waals surface area contributed by atoms with Gasteiger partial charge in [0, 0.05) is 0 Å². The van der Waals surface area contributed by atoms with E-state index in [0.717, 1.165) is 27.6 Å². The summed E-state index contributed by atoms with van der Waals surface area (Å²) in [6.07, 6.45) is -3.36. The Morgan fingerprint density at radius 3 is 2.30 bits per heavy atom. The summed E-state index contributed by atoms with van der Waals surface area (Å²) in [7, 11) is 0. The first kappa shape index (κ1) is 30.7. The first-order chi connectivity index (χ1) is 21.7. The van der Waals surface area contributed by atoms with Gasteiger partial charge in [-0.05, 0) is 5.39 Å². The first-order valence-corrected chi connectivity index (χ1v) is 16.8. The van der Waals surface area contributed by atoms with Gasteiger partial charge in [0.2, 0.25) is 0 Å². The van der Waals surface area contributed by atoms with E-state index < -0.39 is 37.0 Å². The van der Waals surface area contributed by atoms with Crippen molar-refractivity contribution in [2.75, 3.05) is 13.2 Å². The third-order valence-electron chi connectivity index (χ3n) is 7.69. The van der Waals surface area contributed by atoms with Gasteiger partial charge in [-0.3, -0.25) is 0 Å². The van der Waals surface area contributed by atoms with E-state index in [1.54, 1.807) is 0 Å². The summed E-state index contributed by atoms with van der Waals surface area (Å²) < 4.78 is 38.9. The van der Waals surface area contributed by atoms with Crippen LogP contribution < -0.4 is 0 Å². The van der Waals surface area contributed by atoms with Gasteiger partial charge in [0.25, 0.3) is 0 Å². The Kier molecular flexibility index (Phi) is 10.5. The molecule has 6 atom stereocenters. The van der Waals surface area contributed by atoms with Gasteiger partial charge >= 0.3 is 217 Å². The fraction of sp³-hybridized carbons (Fsp3) is 0.306. The van der Waals surface area contributed by atoms with Crippen molar-refractivity contribution < 1.29 is 28.4 Å². The number of nitrogens with zero attached hydrogens (tertiary/aromatic N) is 1. The van der Waals surface area contributed by atoms with Gasteiger partial charge < -0.3 is 0 Å². The predicted molar refractivity (Wildman–Crippen MR) is 167 cm³/mol. The van der Waals surface area contributed by atoms with E-state index in [1.807, 2.05) is 72.8 Å². The Balaban J connectivity index is 1.28. The van der Waals surface area contributed by atoms with E-state index in [-0.39, 0.29) is 21.6 Å². The van der Waals surface area contributed by atoms with Crippen LogP contribution in [0.3, 0.4) is 0 Å². The quantitative estimate of drug-likeness (QED) is 0.130. The molecule has 0 N–H and O–H groups in total. The average molecular weight is 657 g/mol. The van der Waals surface area contributed by atoms with Crippen LogP contribution in [-0.2, 0) is 41.6 Å². The molecule has 8 heteroatoms. The van der Waals surface area contributed by atoms with Gasteiger partial charge in [-0.25, -0.2) is 0 Å². The molecule has 2 heterocycles. The maximum absolute atomic E-state index is 9.04. The Morgan fingerprint density at radius 1 is 0.795 bits per heavy atom. The number of hydrogen-bond donors (Lipinski definition) is 0. The molecule has 0 bridgehead atoms. The number of hydrogen-bond acceptors (Lipinski definition) is 7. The number of rotatable bonds is 12. The van der Waals surface area contributed by atoms with Crippen LogP contribution in [0.1, 0.15) is 23.0 Å². The van der Waals surface area contributed by atoms with Crippen LogP contribution in [0.4, 0.5) is 0 Å². The molecular weight excluding hydrogens is 621 g/mol. The monoisotopic (exact) mass is 657 g/mol. The zero-order valence-electron chi connectivity index (χ0n) is 24.3. The van der Waals surface area contributed by atoms with Gasteiger partial charge in [-0.2, -0.15) is 0 Å². The average Bonchev–Trinajstić information content (AvgIpc) is 3.08. The van der Waals surface area contributed by atoms with Crippen molar-refractivity contribution in [3.63, 3.8) is 0 Å². The van der Waals surface area contributed by atoms with Gasteiger partial charge in [0.1, 0.15) is 0 Å². The predicted octanol–water partition coefficient (Wildman–Crippen LogP) is 6.33. The van der Waals surface area contributed by atoms with Gasteiger partial charge in [0.15, 0.2) is 0 Å². The fourth-order valence-corrected chi connectivity index (χ4v) is 6.23. The standard InChI is InChI=1S/C36H35NO6Se/c1-25(23-44-24-37)19-40-36-34(39-20-26-10-4-2-5-11-26)33(38-21-27-16-17-28-12-8-9-15-30(28)18-27)32-31(42-36)22-41-35(43-32)29-13-6-3-7-14-29/h2-18,31-36H,1,19-23H2/t31-,32-,33+,34+,35?,36-/m1/s1. The Hall–Kier alpha value is -3.35. The van der Waals surface area contributed by atoms with Crippen molar-refractivity contribution >= 4 is 25.7 Å². The van der Waals surface area contributed by atoms with E-state index in [9.17, 15) is 0 Å². The fourth-order valence-electron chi connectivity index (χ4n) is 5.49. The summed E-state index contributed by atoms with van der Waals surface area (Å²) in [4.78, 5) is 2.23. The molecule has 4 aromatic rings. The normalized spacial score (nSPS) is 24.8. The van der Waals surface area contributed by atoms with E-state index in [1.165, 1.54) is 5.39 Å². The van der Waals surface area contributed by atoms with E-state index in [0.29, 0.717) is 25.1 Å². The first-order valence-electron chi connectivity index (χ1n) is 14.7. The van der Waals surface area contributed by atoms with Crippen LogP contribution in [0.5, 0.6) is 0 Å². The summed E-state index contributed by atoms with van der Waals surface area (Å²) in [5.74, 6) is 0. The van der Waals surface area contributed by atoms with Crippen LogP contribution >= 0.6 is 0 Å². The topological polar surface area (TPSA) is 79.2 Å². The van der Waals surface area contributed by atoms with Crippen molar-refractivity contribution in [1.82, 2.24) is 0 Å². The Morgan fingerprint density at radius 2 is 1.50 bits per heavy atom. The van der Waals surface area contributed by atoms with Crippen molar-refractivity contribution in [3.05, 3.63) is 132 Å². The number of ether oxygens (including phenoxy) is 6. The minimum absolute atomic E-state index is 0.175. The number of nitriles is 1. The van der Waals surface area contributed by atoms with Crippen molar-refractivity contribution in [2.24, 2.45) is 0 Å². The molecule has 0 saturated carbocycles. The molecule has 0 amide bonds. The zero-order valence-corrected chi connectivity index (χ0v) is 26.0. The second-order valence-corrected chi connectivity index (χ2v) is 12.5. The van der Waals surface area contributed by atoms with Crippen LogP contribution in [0.15, 0.2) is 115 Å².